The lowest BCUT2D eigenvalue weighted by molar-refractivity contribution is -0.138. The van der Waals surface area contributed by atoms with E-state index >= 15 is 0 Å². The molecular formula is C9H10N4O2. The van der Waals surface area contributed by atoms with Crippen molar-refractivity contribution in [2.75, 3.05) is 6.54 Å². The molecule has 0 radical (unpaired) electrons. The predicted molar refractivity (Wildman–Crippen MR) is 52.4 cm³/mol. The summed E-state index contributed by atoms with van der Waals surface area (Å²) in [6, 6.07) is 1.74. The second-order valence-electron chi connectivity index (χ2n) is 3.15. The third-order valence-electron chi connectivity index (χ3n) is 2.20. The SMILES string of the molecule is NCC(C(=O)O)c1cnc2ccnn2c1. The van der Waals surface area contributed by atoms with E-state index in [9.17, 15) is 4.79 Å². The summed E-state index contributed by atoms with van der Waals surface area (Å²) in [5.41, 5.74) is 6.62. The Morgan fingerprint density at radius 3 is 3.13 bits per heavy atom. The molecule has 0 saturated heterocycles. The molecule has 2 rings (SSSR count). The van der Waals surface area contributed by atoms with Crippen LogP contribution in [0.25, 0.3) is 5.65 Å². The van der Waals surface area contributed by atoms with Crippen molar-refractivity contribution < 1.29 is 9.90 Å². The summed E-state index contributed by atoms with van der Waals surface area (Å²) in [5, 5.41) is 12.9. The van der Waals surface area contributed by atoms with Gasteiger partial charge in [0.25, 0.3) is 0 Å². The maximum Gasteiger partial charge on any atom is 0.312 e. The van der Waals surface area contributed by atoms with E-state index in [4.69, 9.17) is 10.8 Å². The highest BCUT2D eigenvalue weighted by Gasteiger charge is 2.18. The van der Waals surface area contributed by atoms with Crippen molar-refractivity contribution in [2.24, 2.45) is 5.73 Å². The fraction of sp³-hybridized carbons (Fsp3) is 0.222. The number of aromatic nitrogens is 3. The molecule has 6 nitrogen and oxygen atoms in total. The molecule has 0 aliphatic heterocycles. The molecule has 6 heteroatoms. The highest BCUT2D eigenvalue weighted by molar-refractivity contribution is 5.76. The molecule has 0 bridgehead atoms. The van der Waals surface area contributed by atoms with Crippen LogP contribution in [0.1, 0.15) is 11.5 Å². The van der Waals surface area contributed by atoms with Crippen LogP contribution in [0.5, 0.6) is 0 Å². The summed E-state index contributed by atoms with van der Waals surface area (Å²) in [4.78, 5) is 14.9. The second kappa shape index (κ2) is 3.66. The van der Waals surface area contributed by atoms with Crippen LogP contribution in [0.4, 0.5) is 0 Å². The Morgan fingerprint density at radius 1 is 1.67 bits per heavy atom. The minimum atomic E-state index is -0.953. The summed E-state index contributed by atoms with van der Waals surface area (Å²) >= 11 is 0. The molecule has 1 atom stereocenters. The van der Waals surface area contributed by atoms with Gasteiger partial charge in [0, 0.05) is 30.6 Å². The van der Waals surface area contributed by atoms with Gasteiger partial charge in [0.05, 0.1) is 12.1 Å². The molecule has 0 aliphatic rings. The summed E-state index contributed by atoms with van der Waals surface area (Å²) in [6.45, 7) is 0.0454. The van der Waals surface area contributed by atoms with Crippen molar-refractivity contribution in [3.8, 4) is 0 Å². The van der Waals surface area contributed by atoms with Crippen LogP contribution in [0.3, 0.4) is 0 Å². The Hall–Kier alpha value is -1.95. The number of hydrogen-bond acceptors (Lipinski definition) is 4. The highest BCUT2D eigenvalue weighted by Crippen LogP contribution is 2.13. The lowest BCUT2D eigenvalue weighted by Gasteiger charge is -2.09. The van der Waals surface area contributed by atoms with Gasteiger partial charge in [-0.15, -0.1) is 0 Å². The Morgan fingerprint density at radius 2 is 2.47 bits per heavy atom. The molecule has 1 unspecified atom stereocenters. The number of carboxylic acids is 1. The Bertz CT molecular complexity index is 494. The molecule has 2 aromatic heterocycles. The van der Waals surface area contributed by atoms with E-state index in [0.29, 0.717) is 11.2 Å². The lowest BCUT2D eigenvalue weighted by Crippen LogP contribution is -2.21. The maximum atomic E-state index is 10.9. The smallest absolute Gasteiger partial charge is 0.312 e. The number of rotatable bonds is 3. The number of nitrogens with two attached hydrogens (primary N) is 1. The van der Waals surface area contributed by atoms with Gasteiger partial charge < -0.3 is 10.8 Å². The normalized spacial score (nSPS) is 12.9. The van der Waals surface area contributed by atoms with Crippen molar-refractivity contribution in [3.05, 3.63) is 30.2 Å². The second-order valence-corrected chi connectivity index (χ2v) is 3.15. The Kier molecular flexibility index (Phi) is 2.34. The standard InChI is InChI=1S/C9H10N4O2/c10-3-7(9(14)15)6-4-11-8-1-2-12-13(8)5-6/h1-2,4-5,7H,3,10H2,(H,14,15). The van der Waals surface area contributed by atoms with E-state index in [1.165, 1.54) is 10.7 Å². The molecule has 3 N–H and O–H groups in total. The topological polar surface area (TPSA) is 93.5 Å². The number of carbonyl (C=O) groups is 1. The Labute approximate surface area is 85.3 Å². The van der Waals surface area contributed by atoms with Gasteiger partial charge >= 0.3 is 5.97 Å². The third kappa shape index (κ3) is 1.66. The molecule has 0 saturated carbocycles. The number of aliphatic carboxylic acids is 1. The molecule has 0 amide bonds. The van der Waals surface area contributed by atoms with E-state index in [-0.39, 0.29) is 6.54 Å². The van der Waals surface area contributed by atoms with Crippen LogP contribution in [0, 0.1) is 0 Å². The van der Waals surface area contributed by atoms with Crippen molar-refractivity contribution in [1.29, 1.82) is 0 Å². The average Bonchev–Trinajstić information content (AvgIpc) is 2.65. The summed E-state index contributed by atoms with van der Waals surface area (Å²) in [5.74, 6) is -1.68. The van der Waals surface area contributed by atoms with Crippen molar-refractivity contribution in [3.63, 3.8) is 0 Å². The molecular weight excluding hydrogens is 196 g/mol. The van der Waals surface area contributed by atoms with Gasteiger partial charge in [-0.05, 0) is 0 Å². The molecule has 15 heavy (non-hydrogen) atoms. The predicted octanol–water partition coefficient (Wildman–Crippen LogP) is -0.144. The van der Waals surface area contributed by atoms with E-state index in [2.05, 4.69) is 10.1 Å². The van der Waals surface area contributed by atoms with Crippen LogP contribution < -0.4 is 5.73 Å². The van der Waals surface area contributed by atoms with Crippen LogP contribution in [-0.2, 0) is 4.79 Å². The molecule has 2 aromatic rings. The fourth-order valence-corrected chi connectivity index (χ4v) is 1.38. The zero-order valence-electron chi connectivity index (χ0n) is 7.87. The van der Waals surface area contributed by atoms with Crippen molar-refractivity contribution in [2.45, 2.75) is 5.92 Å². The number of fused-ring (bicyclic) bond motifs is 1. The zero-order chi connectivity index (χ0) is 10.8. The number of nitrogens with zero attached hydrogens (tertiary/aromatic N) is 3. The van der Waals surface area contributed by atoms with Gasteiger partial charge in [-0.1, -0.05) is 0 Å². The van der Waals surface area contributed by atoms with Crippen LogP contribution >= 0.6 is 0 Å². The molecule has 78 valence electrons. The first kappa shape index (κ1) is 9.60. The van der Waals surface area contributed by atoms with E-state index in [1.807, 2.05) is 0 Å². The molecule has 0 aliphatic carbocycles. The molecule has 0 spiro atoms. The number of hydrogen-bond donors (Lipinski definition) is 2. The summed E-state index contributed by atoms with van der Waals surface area (Å²) in [7, 11) is 0. The minimum Gasteiger partial charge on any atom is -0.481 e. The van der Waals surface area contributed by atoms with Crippen molar-refractivity contribution in [1.82, 2.24) is 14.6 Å². The van der Waals surface area contributed by atoms with Crippen molar-refractivity contribution >= 4 is 11.6 Å². The highest BCUT2D eigenvalue weighted by atomic mass is 16.4. The first-order valence-electron chi connectivity index (χ1n) is 4.44. The summed E-state index contributed by atoms with van der Waals surface area (Å²) in [6.07, 6.45) is 4.75. The molecule has 0 aromatic carbocycles. The largest absolute Gasteiger partial charge is 0.481 e. The van der Waals surface area contributed by atoms with E-state index in [0.717, 1.165) is 0 Å². The molecule has 0 fully saturated rings. The molecule has 2 heterocycles. The zero-order valence-corrected chi connectivity index (χ0v) is 7.87. The Balaban J connectivity index is 2.46. The maximum absolute atomic E-state index is 10.9. The van der Waals surface area contributed by atoms with Gasteiger partial charge in [0.2, 0.25) is 0 Å². The quantitative estimate of drug-likeness (QED) is 0.728. The average molecular weight is 206 g/mol. The fourth-order valence-electron chi connectivity index (χ4n) is 1.38. The van der Waals surface area contributed by atoms with Gasteiger partial charge in [0.15, 0.2) is 5.65 Å². The monoisotopic (exact) mass is 206 g/mol. The lowest BCUT2D eigenvalue weighted by atomic mass is 10.0. The van der Waals surface area contributed by atoms with E-state index < -0.39 is 11.9 Å². The summed E-state index contributed by atoms with van der Waals surface area (Å²) < 4.78 is 1.53. The van der Waals surface area contributed by atoms with E-state index in [1.54, 1.807) is 18.5 Å². The van der Waals surface area contributed by atoms with Gasteiger partial charge in [0.1, 0.15) is 0 Å². The van der Waals surface area contributed by atoms with Gasteiger partial charge in [-0.2, -0.15) is 5.10 Å². The first-order valence-corrected chi connectivity index (χ1v) is 4.44. The number of carboxylic acid groups (broad SMARTS) is 1. The van der Waals surface area contributed by atoms with Gasteiger partial charge in [-0.3, -0.25) is 4.79 Å². The van der Waals surface area contributed by atoms with Gasteiger partial charge in [-0.25, -0.2) is 9.50 Å². The van der Waals surface area contributed by atoms with Crippen LogP contribution in [0.2, 0.25) is 0 Å². The third-order valence-corrected chi connectivity index (χ3v) is 2.20. The van der Waals surface area contributed by atoms with Crippen LogP contribution in [-0.4, -0.2) is 32.2 Å². The van der Waals surface area contributed by atoms with Crippen LogP contribution in [0.15, 0.2) is 24.7 Å². The minimum absolute atomic E-state index is 0.0454. The first-order chi connectivity index (χ1) is 7.22.